The number of hydrogen-bond donors (Lipinski definition) is 0. The number of ether oxygens (including phenoxy) is 1. The second kappa shape index (κ2) is 6.94. The van der Waals surface area contributed by atoms with E-state index < -0.39 is 5.97 Å². The molecule has 1 fully saturated rings. The zero-order valence-electron chi connectivity index (χ0n) is 15.1. The van der Waals surface area contributed by atoms with Crippen LogP contribution in [0.3, 0.4) is 0 Å². The Kier molecular flexibility index (Phi) is 4.47. The van der Waals surface area contributed by atoms with Crippen molar-refractivity contribution in [2.75, 3.05) is 13.7 Å². The molecule has 0 saturated heterocycles. The van der Waals surface area contributed by atoms with Crippen LogP contribution in [-0.2, 0) is 11.3 Å². The molecular formula is C19H20N4O4. The monoisotopic (exact) mass is 368 g/mol. The third-order valence-electron chi connectivity index (χ3n) is 5.31. The molecule has 1 aromatic carbocycles. The van der Waals surface area contributed by atoms with Crippen molar-refractivity contribution >= 4 is 17.8 Å². The zero-order chi connectivity index (χ0) is 19.0. The molecule has 8 heteroatoms. The van der Waals surface area contributed by atoms with Crippen LogP contribution >= 0.6 is 0 Å². The van der Waals surface area contributed by atoms with Crippen molar-refractivity contribution in [1.82, 2.24) is 19.9 Å². The number of rotatable bonds is 5. The van der Waals surface area contributed by atoms with Crippen LogP contribution in [0.2, 0.25) is 0 Å². The summed E-state index contributed by atoms with van der Waals surface area (Å²) in [7, 11) is 1.32. The normalized spacial score (nSPS) is 16.9. The van der Waals surface area contributed by atoms with E-state index in [1.807, 2.05) is 0 Å². The Morgan fingerprint density at radius 2 is 1.74 bits per heavy atom. The fraction of sp³-hybridized carbons (Fsp3) is 0.421. The third kappa shape index (κ3) is 2.90. The number of carbonyl (C=O) groups excluding carboxylic acids is 3. The number of benzene rings is 1. The van der Waals surface area contributed by atoms with E-state index in [2.05, 4.69) is 10.3 Å². The van der Waals surface area contributed by atoms with Gasteiger partial charge in [0, 0.05) is 12.5 Å². The number of esters is 1. The first kappa shape index (κ1) is 17.4. The van der Waals surface area contributed by atoms with E-state index >= 15 is 0 Å². The van der Waals surface area contributed by atoms with E-state index in [4.69, 9.17) is 4.74 Å². The lowest BCUT2D eigenvalue weighted by molar-refractivity contribution is 0.0588. The molecule has 0 bridgehead atoms. The Hall–Kier alpha value is -3.03. The average molecular weight is 368 g/mol. The SMILES string of the molecule is COC(=O)c1nnn(CCN2C(=O)c3ccccc3C2=O)c1C1CCCC1. The van der Waals surface area contributed by atoms with Crippen LogP contribution in [0.1, 0.15) is 68.5 Å². The zero-order valence-corrected chi connectivity index (χ0v) is 15.1. The number of fused-ring (bicyclic) bond motifs is 1. The summed E-state index contributed by atoms with van der Waals surface area (Å²) in [4.78, 5) is 38.3. The summed E-state index contributed by atoms with van der Waals surface area (Å²) >= 11 is 0. The summed E-state index contributed by atoms with van der Waals surface area (Å²) in [6, 6.07) is 6.80. The molecule has 140 valence electrons. The Labute approximate surface area is 156 Å². The highest BCUT2D eigenvalue weighted by Crippen LogP contribution is 2.35. The molecule has 2 heterocycles. The Bertz CT molecular complexity index is 879. The summed E-state index contributed by atoms with van der Waals surface area (Å²) in [5, 5.41) is 8.11. The lowest BCUT2D eigenvalue weighted by Gasteiger charge is -2.17. The summed E-state index contributed by atoms with van der Waals surface area (Å²) < 4.78 is 6.48. The summed E-state index contributed by atoms with van der Waals surface area (Å²) in [5.74, 6) is -0.919. The number of aromatic nitrogens is 3. The molecule has 0 unspecified atom stereocenters. The molecule has 8 nitrogen and oxygen atoms in total. The van der Waals surface area contributed by atoms with Crippen LogP contribution in [0.15, 0.2) is 24.3 Å². The molecule has 0 radical (unpaired) electrons. The number of nitrogens with zero attached hydrogens (tertiary/aromatic N) is 4. The third-order valence-corrected chi connectivity index (χ3v) is 5.31. The van der Waals surface area contributed by atoms with Crippen molar-refractivity contribution in [2.24, 2.45) is 0 Å². The highest BCUT2D eigenvalue weighted by molar-refractivity contribution is 6.21. The Morgan fingerprint density at radius 3 is 2.33 bits per heavy atom. The van der Waals surface area contributed by atoms with E-state index in [1.165, 1.54) is 12.0 Å². The van der Waals surface area contributed by atoms with Crippen molar-refractivity contribution in [3.05, 3.63) is 46.8 Å². The van der Waals surface area contributed by atoms with Gasteiger partial charge in [-0.1, -0.05) is 30.2 Å². The topological polar surface area (TPSA) is 94.4 Å². The molecule has 1 aliphatic heterocycles. The highest BCUT2D eigenvalue weighted by Gasteiger charge is 2.35. The van der Waals surface area contributed by atoms with Gasteiger partial charge < -0.3 is 4.74 Å². The molecule has 0 spiro atoms. The van der Waals surface area contributed by atoms with E-state index in [0.717, 1.165) is 31.4 Å². The van der Waals surface area contributed by atoms with E-state index in [1.54, 1.807) is 28.9 Å². The molecule has 0 atom stereocenters. The molecule has 0 N–H and O–H groups in total. The second-order valence-electron chi connectivity index (χ2n) is 6.83. The average Bonchev–Trinajstić information content (AvgIpc) is 3.40. The minimum Gasteiger partial charge on any atom is -0.464 e. The number of imide groups is 1. The van der Waals surface area contributed by atoms with Gasteiger partial charge in [-0.05, 0) is 25.0 Å². The summed E-state index contributed by atoms with van der Waals surface area (Å²) in [6.07, 6.45) is 4.11. The molecule has 27 heavy (non-hydrogen) atoms. The summed E-state index contributed by atoms with van der Waals surface area (Å²) in [5.41, 5.74) is 1.82. The molecule has 2 aliphatic rings. The first-order valence-corrected chi connectivity index (χ1v) is 9.08. The van der Waals surface area contributed by atoms with Crippen LogP contribution in [0.25, 0.3) is 0 Å². The van der Waals surface area contributed by atoms with Crippen molar-refractivity contribution in [2.45, 2.75) is 38.1 Å². The van der Waals surface area contributed by atoms with Crippen LogP contribution in [0, 0.1) is 0 Å². The van der Waals surface area contributed by atoms with Gasteiger partial charge in [0.05, 0.1) is 30.5 Å². The molecule has 1 aromatic heterocycles. The maximum atomic E-state index is 12.5. The van der Waals surface area contributed by atoms with Gasteiger partial charge >= 0.3 is 5.97 Å². The number of carbonyl (C=O) groups is 3. The van der Waals surface area contributed by atoms with Gasteiger partial charge in [0.1, 0.15) is 0 Å². The maximum Gasteiger partial charge on any atom is 0.360 e. The van der Waals surface area contributed by atoms with E-state index in [0.29, 0.717) is 17.7 Å². The number of hydrogen-bond acceptors (Lipinski definition) is 6. The molecular weight excluding hydrogens is 348 g/mol. The molecule has 2 amide bonds. The fourth-order valence-electron chi connectivity index (χ4n) is 3.97. The number of amides is 2. The molecule has 4 rings (SSSR count). The predicted molar refractivity (Wildman–Crippen MR) is 94.4 cm³/mol. The van der Waals surface area contributed by atoms with Gasteiger partial charge in [0.25, 0.3) is 11.8 Å². The van der Waals surface area contributed by atoms with Gasteiger partial charge in [0.15, 0.2) is 5.69 Å². The second-order valence-corrected chi connectivity index (χ2v) is 6.83. The van der Waals surface area contributed by atoms with Crippen LogP contribution in [-0.4, -0.2) is 51.3 Å². The van der Waals surface area contributed by atoms with Crippen molar-refractivity contribution in [3.63, 3.8) is 0 Å². The first-order valence-electron chi connectivity index (χ1n) is 9.08. The largest absolute Gasteiger partial charge is 0.464 e. The van der Waals surface area contributed by atoms with Crippen LogP contribution in [0.5, 0.6) is 0 Å². The quantitative estimate of drug-likeness (QED) is 0.592. The predicted octanol–water partition coefficient (Wildman–Crippen LogP) is 2.02. The van der Waals surface area contributed by atoms with Gasteiger partial charge in [-0.15, -0.1) is 5.10 Å². The van der Waals surface area contributed by atoms with Gasteiger partial charge in [-0.25, -0.2) is 9.48 Å². The van der Waals surface area contributed by atoms with Crippen LogP contribution in [0.4, 0.5) is 0 Å². The maximum absolute atomic E-state index is 12.5. The lowest BCUT2D eigenvalue weighted by Crippen LogP contribution is -2.33. The van der Waals surface area contributed by atoms with Crippen LogP contribution < -0.4 is 0 Å². The van der Waals surface area contributed by atoms with Crippen molar-refractivity contribution < 1.29 is 19.1 Å². The Balaban J connectivity index is 1.57. The molecule has 2 aromatic rings. The Morgan fingerprint density at radius 1 is 1.11 bits per heavy atom. The molecule has 1 aliphatic carbocycles. The van der Waals surface area contributed by atoms with E-state index in [-0.39, 0.29) is 30.0 Å². The van der Waals surface area contributed by atoms with Gasteiger partial charge in [-0.2, -0.15) is 0 Å². The minimum atomic E-state index is -0.510. The smallest absolute Gasteiger partial charge is 0.360 e. The standard InChI is InChI=1S/C19H20N4O4/c1-27-19(26)15-16(12-6-2-3-7-12)23(21-20-15)11-10-22-17(24)13-8-4-5-9-14(13)18(22)25/h4-5,8-9,12H,2-3,6-7,10-11H2,1H3. The van der Waals surface area contributed by atoms with E-state index in [9.17, 15) is 14.4 Å². The minimum absolute atomic E-state index is 0.177. The fourth-order valence-corrected chi connectivity index (χ4v) is 3.97. The number of methoxy groups -OCH3 is 1. The van der Waals surface area contributed by atoms with Crippen molar-refractivity contribution in [3.8, 4) is 0 Å². The lowest BCUT2D eigenvalue weighted by atomic mass is 10.0. The highest BCUT2D eigenvalue weighted by atomic mass is 16.5. The molecule has 1 saturated carbocycles. The summed E-state index contributed by atoms with van der Waals surface area (Å²) in [6.45, 7) is 0.470. The van der Waals surface area contributed by atoms with Crippen molar-refractivity contribution in [1.29, 1.82) is 0 Å². The van der Waals surface area contributed by atoms with Gasteiger partial charge in [-0.3, -0.25) is 14.5 Å². The van der Waals surface area contributed by atoms with Gasteiger partial charge in [0.2, 0.25) is 0 Å². The first-order chi connectivity index (χ1) is 13.1.